The Morgan fingerprint density at radius 1 is 0.927 bits per heavy atom. The first-order valence-corrected chi connectivity index (χ1v) is 18.0. The highest BCUT2D eigenvalue weighted by Gasteiger charge is 2.36. The standard InChI is InChI=1S/C38H55N7O10/c1-21-33(47)44-27(36(50)54-8)18-22-12-14-28(52-6)24(17-22)25-19-23(13-15-29(25)53-7)32(34(48)42-21)45(5)35(49)26(43-31(46)20-30(39)40)11-9-10-16-41-37(51)55-38(2,3)4/h12-15,17,19,21,26-27,30,32H,9-11,16,18,20,39-40H2,1-8H3,(H,41,51)(H,42,48)(H,43,46)(H,44,47)/t21-,26-,27-,32-/m0/s1. The molecule has 2 aromatic carbocycles. The molecule has 0 unspecified atom stereocenters. The monoisotopic (exact) mass is 769 g/mol. The SMILES string of the molecule is COC(=O)[C@@H]1Cc2ccc(OC)c(c2)-c2cc(ccc2OC)[C@H](N(C)C(=O)[C@H](CCCCNC(=O)OC(C)(C)C)NC(=O)CC(N)N)C(=O)N[C@@H](C)C(=O)N1. The molecule has 4 bridgehead atoms. The lowest BCUT2D eigenvalue weighted by molar-refractivity contribution is -0.145. The molecule has 1 heterocycles. The molecule has 0 aliphatic carbocycles. The number of alkyl carbamates (subject to hydrolysis) is 1. The summed E-state index contributed by atoms with van der Waals surface area (Å²) in [4.78, 5) is 81.0. The van der Waals surface area contributed by atoms with Crippen molar-refractivity contribution in [3.05, 3.63) is 47.5 Å². The molecule has 302 valence electrons. The van der Waals surface area contributed by atoms with Gasteiger partial charge in [0.05, 0.1) is 33.9 Å². The lowest BCUT2D eigenvalue weighted by Gasteiger charge is -2.32. The van der Waals surface area contributed by atoms with E-state index < -0.39 is 71.6 Å². The van der Waals surface area contributed by atoms with Gasteiger partial charge >= 0.3 is 12.1 Å². The zero-order valence-corrected chi connectivity index (χ0v) is 32.8. The van der Waals surface area contributed by atoms with Crippen LogP contribution in [0.25, 0.3) is 11.1 Å². The molecule has 1 aliphatic heterocycles. The number of unbranched alkanes of at least 4 members (excludes halogenated alkanes) is 1. The first kappa shape index (κ1) is 44.0. The molecule has 8 N–H and O–H groups in total. The van der Waals surface area contributed by atoms with Crippen molar-refractivity contribution in [3.8, 4) is 22.6 Å². The highest BCUT2D eigenvalue weighted by atomic mass is 16.6. The zero-order chi connectivity index (χ0) is 41.0. The summed E-state index contributed by atoms with van der Waals surface area (Å²) in [5.41, 5.74) is 12.7. The Kier molecular flexibility index (Phi) is 15.8. The number of nitrogens with two attached hydrogens (primary N) is 2. The highest BCUT2D eigenvalue weighted by molar-refractivity contribution is 5.96. The van der Waals surface area contributed by atoms with Crippen LogP contribution in [0, 0.1) is 0 Å². The molecule has 1 aliphatic rings. The van der Waals surface area contributed by atoms with Crippen molar-refractivity contribution in [2.75, 3.05) is 34.9 Å². The summed E-state index contributed by atoms with van der Waals surface area (Å²) in [6, 6.07) is 5.49. The second-order valence-corrected chi connectivity index (χ2v) is 14.3. The fourth-order valence-corrected chi connectivity index (χ4v) is 6.05. The minimum atomic E-state index is -1.34. The van der Waals surface area contributed by atoms with Crippen molar-refractivity contribution < 1.29 is 47.7 Å². The molecule has 0 aromatic heterocycles. The van der Waals surface area contributed by atoms with Gasteiger partial charge in [0.2, 0.25) is 23.6 Å². The minimum Gasteiger partial charge on any atom is -0.496 e. The maximum Gasteiger partial charge on any atom is 0.407 e. The largest absolute Gasteiger partial charge is 0.496 e. The number of rotatable bonds is 13. The molecule has 0 fully saturated rings. The number of esters is 1. The van der Waals surface area contributed by atoms with Gasteiger partial charge in [-0.05, 0) is 82.3 Å². The van der Waals surface area contributed by atoms with Crippen molar-refractivity contribution in [3.63, 3.8) is 0 Å². The first-order valence-electron chi connectivity index (χ1n) is 18.0. The van der Waals surface area contributed by atoms with Crippen LogP contribution in [-0.2, 0) is 39.9 Å². The third kappa shape index (κ3) is 12.6. The second-order valence-electron chi connectivity index (χ2n) is 14.3. The molecule has 5 amide bonds. The number of amides is 5. The Hall–Kier alpha value is -5.42. The molecular formula is C38H55N7O10. The van der Waals surface area contributed by atoms with E-state index in [1.54, 1.807) is 57.2 Å². The smallest absolute Gasteiger partial charge is 0.407 e. The van der Waals surface area contributed by atoms with E-state index in [-0.39, 0.29) is 25.8 Å². The van der Waals surface area contributed by atoms with Crippen molar-refractivity contribution in [1.29, 1.82) is 0 Å². The number of ether oxygens (including phenoxy) is 4. The zero-order valence-electron chi connectivity index (χ0n) is 32.8. The second kappa shape index (κ2) is 19.8. The van der Waals surface area contributed by atoms with Gasteiger partial charge in [-0.3, -0.25) is 19.2 Å². The van der Waals surface area contributed by atoms with Crippen LogP contribution in [0.3, 0.4) is 0 Å². The Labute approximate surface area is 321 Å². The lowest BCUT2D eigenvalue weighted by atomic mass is 9.93. The Bertz CT molecular complexity index is 1710. The molecule has 17 heteroatoms. The number of nitrogens with zero attached hydrogens (tertiary/aromatic N) is 1. The summed E-state index contributed by atoms with van der Waals surface area (Å²) in [5, 5.41) is 10.7. The highest BCUT2D eigenvalue weighted by Crippen LogP contribution is 2.39. The van der Waals surface area contributed by atoms with Crippen LogP contribution in [0.15, 0.2) is 36.4 Å². The van der Waals surface area contributed by atoms with Crippen LogP contribution in [0.4, 0.5) is 4.79 Å². The molecule has 0 radical (unpaired) electrons. The predicted molar refractivity (Wildman–Crippen MR) is 203 cm³/mol. The van der Waals surface area contributed by atoms with E-state index in [4.69, 9.17) is 30.4 Å². The van der Waals surface area contributed by atoms with E-state index in [2.05, 4.69) is 21.3 Å². The predicted octanol–water partition coefficient (Wildman–Crippen LogP) is 1.40. The van der Waals surface area contributed by atoms with Crippen LogP contribution in [0.5, 0.6) is 11.5 Å². The number of nitrogens with one attached hydrogen (secondary N) is 4. The third-order valence-corrected chi connectivity index (χ3v) is 8.71. The van der Waals surface area contributed by atoms with Crippen LogP contribution >= 0.6 is 0 Å². The van der Waals surface area contributed by atoms with E-state index >= 15 is 0 Å². The fraction of sp³-hybridized carbons (Fsp3) is 0.526. The Balaban J connectivity index is 2.08. The van der Waals surface area contributed by atoms with Gasteiger partial charge in [-0.25, -0.2) is 9.59 Å². The van der Waals surface area contributed by atoms with Crippen molar-refractivity contribution in [2.24, 2.45) is 11.5 Å². The maximum atomic E-state index is 14.4. The average molecular weight is 770 g/mol. The topological polar surface area (TPSA) is 243 Å². The first-order chi connectivity index (χ1) is 25.9. The van der Waals surface area contributed by atoms with Crippen molar-refractivity contribution in [1.82, 2.24) is 26.2 Å². The Morgan fingerprint density at radius 3 is 2.16 bits per heavy atom. The Morgan fingerprint density at radius 2 is 1.56 bits per heavy atom. The van der Waals surface area contributed by atoms with E-state index in [1.807, 2.05) is 0 Å². The molecule has 0 spiro atoms. The summed E-state index contributed by atoms with van der Waals surface area (Å²) < 4.78 is 21.6. The number of likely N-dealkylation sites (N-methyl/N-ethyl adjacent to an activating group) is 1. The van der Waals surface area contributed by atoms with Crippen LogP contribution < -0.4 is 42.2 Å². The molecular weight excluding hydrogens is 714 g/mol. The van der Waals surface area contributed by atoms with E-state index in [1.165, 1.54) is 40.2 Å². The number of carbonyl (C=O) groups excluding carboxylic acids is 6. The molecule has 55 heavy (non-hydrogen) atoms. The van der Waals surface area contributed by atoms with Gasteiger partial charge in [-0.1, -0.05) is 12.1 Å². The van der Waals surface area contributed by atoms with Gasteiger partial charge < -0.3 is 56.6 Å². The van der Waals surface area contributed by atoms with Crippen LogP contribution in [0.1, 0.15) is 70.5 Å². The van der Waals surface area contributed by atoms with Gasteiger partial charge in [0, 0.05) is 31.1 Å². The minimum absolute atomic E-state index is 0.0666. The molecule has 2 aromatic rings. The number of hydrogen-bond donors (Lipinski definition) is 6. The van der Waals surface area contributed by atoms with Gasteiger partial charge in [0.1, 0.15) is 41.3 Å². The lowest BCUT2D eigenvalue weighted by Crippen LogP contribution is -2.55. The number of benzene rings is 2. The number of methoxy groups -OCH3 is 3. The third-order valence-electron chi connectivity index (χ3n) is 8.71. The van der Waals surface area contributed by atoms with Crippen LogP contribution in [-0.4, -0.2) is 105 Å². The number of carbonyl (C=O) groups is 6. The van der Waals surface area contributed by atoms with Gasteiger partial charge in [-0.15, -0.1) is 0 Å². The molecule has 3 rings (SSSR count). The maximum absolute atomic E-state index is 14.4. The summed E-state index contributed by atoms with van der Waals surface area (Å²) in [6.07, 6.45) is -0.812. The fourth-order valence-electron chi connectivity index (χ4n) is 6.05. The summed E-state index contributed by atoms with van der Waals surface area (Å²) in [5.74, 6) is -2.41. The van der Waals surface area contributed by atoms with Gasteiger partial charge in [0.25, 0.3) is 0 Å². The normalized spacial score (nSPS) is 17.8. The number of fused-ring (bicyclic) bond motifs is 5. The van der Waals surface area contributed by atoms with E-state index in [0.717, 1.165) is 0 Å². The molecule has 0 saturated heterocycles. The summed E-state index contributed by atoms with van der Waals surface area (Å²) in [6.45, 7) is 6.93. The molecule has 0 saturated carbocycles. The number of hydrogen-bond acceptors (Lipinski definition) is 12. The van der Waals surface area contributed by atoms with Crippen molar-refractivity contribution in [2.45, 2.75) is 95.7 Å². The van der Waals surface area contributed by atoms with Gasteiger partial charge in [-0.2, -0.15) is 0 Å². The van der Waals surface area contributed by atoms with E-state index in [0.29, 0.717) is 46.6 Å². The van der Waals surface area contributed by atoms with Gasteiger partial charge in [0.15, 0.2) is 0 Å². The quantitative estimate of drug-likeness (QED) is 0.0963. The van der Waals surface area contributed by atoms with Crippen molar-refractivity contribution >= 4 is 35.7 Å². The summed E-state index contributed by atoms with van der Waals surface area (Å²) >= 11 is 0. The molecule has 4 atom stereocenters. The average Bonchev–Trinajstić information content (AvgIpc) is 3.11. The van der Waals surface area contributed by atoms with E-state index in [9.17, 15) is 28.8 Å². The molecule has 17 nitrogen and oxygen atoms in total. The summed E-state index contributed by atoms with van der Waals surface area (Å²) in [7, 11) is 5.60. The van der Waals surface area contributed by atoms with Crippen LogP contribution in [0.2, 0.25) is 0 Å².